The Balaban J connectivity index is 1.47. The first-order valence-electron chi connectivity index (χ1n) is 10.3. The smallest absolute Gasteiger partial charge is 0.264 e. The predicted molar refractivity (Wildman–Crippen MR) is 123 cm³/mol. The number of thiazole rings is 1. The van der Waals surface area contributed by atoms with Crippen molar-refractivity contribution in [2.24, 2.45) is 0 Å². The van der Waals surface area contributed by atoms with E-state index in [9.17, 15) is 9.59 Å². The molecule has 2 aromatic heterocycles. The molecule has 156 valence electrons. The number of aryl methyl sites for hydroxylation is 2. The molecule has 4 rings (SSSR count). The molecule has 1 N–H and O–H groups in total. The summed E-state index contributed by atoms with van der Waals surface area (Å²) < 4.78 is 0. The van der Waals surface area contributed by atoms with E-state index >= 15 is 0 Å². The van der Waals surface area contributed by atoms with Gasteiger partial charge in [-0.1, -0.05) is 43.7 Å². The van der Waals surface area contributed by atoms with Crippen LogP contribution in [0.4, 0.5) is 5.13 Å². The van der Waals surface area contributed by atoms with Gasteiger partial charge in [0.1, 0.15) is 6.04 Å². The largest absolute Gasteiger partial charge is 0.326 e. The van der Waals surface area contributed by atoms with Gasteiger partial charge in [0.05, 0.1) is 10.6 Å². The lowest BCUT2D eigenvalue weighted by atomic mass is 10.1. The monoisotopic (exact) mass is 439 g/mol. The molecule has 1 fully saturated rings. The summed E-state index contributed by atoms with van der Waals surface area (Å²) in [4.78, 5) is 33.8. The quantitative estimate of drug-likeness (QED) is 0.561. The van der Waals surface area contributed by atoms with Crippen LogP contribution in [0.5, 0.6) is 0 Å². The van der Waals surface area contributed by atoms with E-state index in [2.05, 4.69) is 41.5 Å². The lowest BCUT2D eigenvalue weighted by molar-refractivity contribution is -0.119. The Labute approximate surface area is 184 Å². The van der Waals surface area contributed by atoms with Gasteiger partial charge in [-0.2, -0.15) is 0 Å². The van der Waals surface area contributed by atoms with Crippen molar-refractivity contribution in [3.63, 3.8) is 0 Å². The number of likely N-dealkylation sites (tertiary alicyclic amines) is 1. The molecular formula is C23H25N3O2S2. The maximum atomic E-state index is 12.9. The average molecular weight is 440 g/mol. The van der Waals surface area contributed by atoms with Crippen molar-refractivity contribution in [2.45, 2.75) is 45.6 Å². The molecule has 1 aliphatic heterocycles. The van der Waals surface area contributed by atoms with Crippen molar-refractivity contribution in [2.75, 3.05) is 11.9 Å². The van der Waals surface area contributed by atoms with Crippen molar-refractivity contribution >= 4 is 39.6 Å². The Bertz CT molecular complexity index is 1030. The third kappa shape index (κ3) is 4.32. The summed E-state index contributed by atoms with van der Waals surface area (Å²) in [5.41, 5.74) is 3.27. The van der Waals surface area contributed by atoms with E-state index in [0.717, 1.165) is 35.4 Å². The number of aromatic nitrogens is 1. The summed E-state index contributed by atoms with van der Waals surface area (Å²) >= 11 is 2.88. The zero-order valence-corrected chi connectivity index (χ0v) is 18.8. The van der Waals surface area contributed by atoms with Crippen LogP contribution in [0.15, 0.2) is 41.8 Å². The molecule has 5 nitrogen and oxygen atoms in total. The van der Waals surface area contributed by atoms with Gasteiger partial charge in [-0.25, -0.2) is 4.98 Å². The van der Waals surface area contributed by atoms with Crippen LogP contribution < -0.4 is 5.32 Å². The second-order valence-corrected chi connectivity index (χ2v) is 9.64. The maximum Gasteiger partial charge on any atom is 0.264 e. The van der Waals surface area contributed by atoms with Gasteiger partial charge in [0, 0.05) is 17.0 Å². The van der Waals surface area contributed by atoms with E-state index in [1.807, 2.05) is 24.4 Å². The fourth-order valence-electron chi connectivity index (χ4n) is 3.85. The SMILES string of the molecule is CCCc1ccc(-c2nc(NC(=O)[C@H]3CCCN3C(=O)c3cccs3)sc2C)cc1. The Kier molecular flexibility index (Phi) is 6.29. The molecule has 0 radical (unpaired) electrons. The summed E-state index contributed by atoms with van der Waals surface area (Å²) in [5, 5.41) is 5.42. The van der Waals surface area contributed by atoms with Crippen molar-refractivity contribution < 1.29 is 9.59 Å². The van der Waals surface area contributed by atoms with Gasteiger partial charge < -0.3 is 10.2 Å². The Morgan fingerprint density at radius 3 is 2.73 bits per heavy atom. The molecule has 3 heterocycles. The molecule has 30 heavy (non-hydrogen) atoms. The molecule has 0 aliphatic carbocycles. The summed E-state index contributed by atoms with van der Waals surface area (Å²) in [6, 6.07) is 11.7. The Hall–Kier alpha value is -2.51. The third-order valence-electron chi connectivity index (χ3n) is 5.34. The van der Waals surface area contributed by atoms with Gasteiger partial charge in [0.2, 0.25) is 5.91 Å². The van der Waals surface area contributed by atoms with Crippen molar-refractivity contribution in [1.29, 1.82) is 0 Å². The highest BCUT2D eigenvalue weighted by molar-refractivity contribution is 7.16. The highest BCUT2D eigenvalue weighted by Crippen LogP contribution is 2.31. The second kappa shape index (κ2) is 9.10. The maximum absolute atomic E-state index is 12.9. The molecule has 3 aromatic rings. The first-order valence-corrected chi connectivity index (χ1v) is 12.0. The first kappa shape index (κ1) is 20.8. The van der Waals surface area contributed by atoms with Crippen LogP contribution in [-0.4, -0.2) is 34.3 Å². The zero-order valence-electron chi connectivity index (χ0n) is 17.2. The molecule has 0 unspecified atom stereocenters. The van der Waals surface area contributed by atoms with E-state index in [-0.39, 0.29) is 11.8 Å². The minimum atomic E-state index is -0.444. The van der Waals surface area contributed by atoms with E-state index in [0.29, 0.717) is 23.0 Å². The van der Waals surface area contributed by atoms with E-state index < -0.39 is 6.04 Å². The average Bonchev–Trinajstić information content (AvgIpc) is 3.49. The van der Waals surface area contributed by atoms with Crippen LogP contribution in [0.1, 0.15) is 46.3 Å². The molecule has 1 saturated heterocycles. The fourth-order valence-corrected chi connectivity index (χ4v) is 5.37. The van der Waals surface area contributed by atoms with E-state index in [4.69, 9.17) is 0 Å². The lowest BCUT2D eigenvalue weighted by Gasteiger charge is -2.22. The number of nitrogens with zero attached hydrogens (tertiary/aromatic N) is 2. The Morgan fingerprint density at radius 1 is 1.23 bits per heavy atom. The molecule has 1 atom stereocenters. The number of amides is 2. The molecule has 7 heteroatoms. The number of nitrogens with one attached hydrogen (secondary N) is 1. The van der Waals surface area contributed by atoms with Crippen LogP contribution in [0.2, 0.25) is 0 Å². The topological polar surface area (TPSA) is 62.3 Å². The summed E-state index contributed by atoms with van der Waals surface area (Å²) in [7, 11) is 0. The normalized spacial score (nSPS) is 16.1. The van der Waals surface area contributed by atoms with Gasteiger partial charge in [-0.15, -0.1) is 22.7 Å². The molecule has 0 bridgehead atoms. The number of thiophene rings is 1. The lowest BCUT2D eigenvalue weighted by Crippen LogP contribution is -2.42. The van der Waals surface area contributed by atoms with Gasteiger partial charge in [0.25, 0.3) is 5.91 Å². The Morgan fingerprint density at radius 2 is 2.03 bits per heavy atom. The van der Waals surface area contributed by atoms with Crippen LogP contribution >= 0.6 is 22.7 Å². The van der Waals surface area contributed by atoms with Gasteiger partial charge in [-0.3, -0.25) is 9.59 Å². The number of hydrogen-bond donors (Lipinski definition) is 1. The second-order valence-electron chi connectivity index (χ2n) is 7.49. The van der Waals surface area contributed by atoms with Crippen LogP contribution in [0.25, 0.3) is 11.3 Å². The van der Waals surface area contributed by atoms with E-state index in [1.165, 1.54) is 28.2 Å². The standard InChI is InChI=1S/C23H25N3O2S2/c1-3-6-16-9-11-17(12-10-16)20-15(2)30-23(24-20)25-21(27)18-7-4-13-26(18)22(28)19-8-5-14-29-19/h5,8-12,14,18H,3-4,6-7,13H2,1-2H3,(H,24,25,27)/t18-/m1/s1. The van der Waals surface area contributed by atoms with Crippen molar-refractivity contribution in [3.05, 3.63) is 57.1 Å². The minimum absolute atomic E-state index is 0.0640. The van der Waals surface area contributed by atoms with E-state index in [1.54, 1.807) is 4.90 Å². The van der Waals surface area contributed by atoms with Gasteiger partial charge >= 0.3 is 0 Å². The number of benzene rings is 1. The van der Waals surface area contributed by atoms with Crippen LogP contribution in [-0.2, 0) is 11.2 Å². The van der Waals surface area contributed by atoms with Crippen molar-refractivity contribution in [3.8, 4) is 11.3 Å². The third-order valence-corrected chi connectivity index (χ3v) is 7.09. The number of hydrogen-bond acceptors (Lipinski definition) is 5. The molecule has 2 amide bonds. The van der Waals surface area contributed by atoms with Crippen molar-refractivity contribution in [1.82, 2.24) is 9.88 Å². The molecule has 1 aromatic carbocycles. The summed E-state index contributed by atoms with van der Waals surface area (Å²) in [6.45, 7) is 4.80. The first-order chi connectivity index (χ1) is 14.6. The molecule has 1 aliphatic rings. The summed E-state index contributed by atoms with van der Waals surface area (Å²) in [6.07, 6.45) is 3.71. The molecular weight excluding hydrogens is 414 g/mol. The number of anilines is 1. The van der Waals surface area contributed by atoms with Gasteiger partial charge in [-0.05, 0) is 43.2 Å². The highest BCUT2D eigenvalue weighted by Gasteiger charge is 2.35. The van der Waals surface area contributed by atoms with Crippen LogP contribution in [0.3, 0.4) is 0 Å². The number of rotatable bonds is 6. The van der Waals surface area contributed by atoms with Gasteiger partial charge in [0.15, 0.2) is 5.13 Å². The highest BCUT2D eigenvalue weighted by atomic mass is 32.1. The molecule has 0 saturated carbocycles. The van der Waals surface area contributed by atoms with Crippen LogP contribution in [0, 0.1) is 6.92 Å². The fraction of sp³-hybridized carbons (Fsp3) is 0.348. The number of carbonyl (C=O) groups is 2. The molecule has 0 spiro atoms. The zero-order chi connectivity index (χ0) is 21.1. The summed E-state index contributed by atoms with van der Waals surface area (Å²) in [5.74, 6) is -0.221. The predicted octanol–water partition coefficient (Wildman–Crippen LogP) is 5.38. The number of carbonyl (C=O) groups excluding carboxylic acids is 2. The minimum Gasteiger partial charge on any atom is -0.326 e.